The molecule has 30 heavy (non-hydrogen) atoms. The van der Waals surface area contributed by atoms with Gasteiger partial charge < -0.3 is 30.0 Å². The number of nitrogens with one attached hydrogen (secondary N) is 2. The van der Waals surface area contributed by atoms with Gasteiger partial charge in [0, 0.05) is 18.7 Å². The van der Waals surface area contributed by atoms with Crippen molar-refractivity contribution in [2.24, 2.45) is 0 Å². The summed E-state index contributed by atoms with van der Waals surface area (Å²) in [6.45, 7) is 3.51. The minimum absolute atomic E-state index is 0.00783. The van der Waals surface area contributed by atoms with Crippen molar-refractivity contribution in [3.63, 3.8) is 0 Å². The molecule has 0 spiro atoms. The summed E-state index contributed by atoms with van der Waals surface area (Å²) >= 11 is 0.987. The van der Waals surface area contributed by atoms with Crippen LogP contribution >= 0.6 is 11.3 Å². The SMILES string of the molecule is O=c1[nH]c2c(O)ccc([C@@H](O)CNCCCOCCOCCc3ccccc3)c2s1. The van der Waals surface area contributed by atoms with E-state index in [4.69, 9.17) is 9.47 Å². The number of aromatic nitrogens is 1. The van der Waals surface area contributed by atoms with Crippen molar-refractivity contribution in [3.05, 3.63) is 63.3 Å². The van der Waals surface area contributed by atoms with E-state index < -0.39 is 6.10 Å². The van der Waals surface area contributed by atoms with Gasteiger partial charge in [0.05, 0.1) is 30.6 Å². The van der Waals surface area contributed by atoms with Crippen LogP contribution in [0.3, 0.4) is 0 Å². The third-order valence-corrected chi connectivity index (χ3v) is 5.61. The smallest absolute Gasteiger partial charge is 0.305 e. The van der Waals surface area contributed by atoms with E-state index in [1.54, 1.807) is 6.07 Å². The van der Waals surface area contributed by atoms with E-state index in [0.29, 0.717) is 55.3 Å². The molecule has 1 heterocycles. The molecule has 3 rings (SSSR count). The van der Waals surface area contributed by atoms with Gasteiger partial charge in [-0.2, -0.15) is 0 Å². The molecule has 1 aromatic heterocycles. The number of ether oxygens (including phenoxy) is 2. The third kappa shape index (κ3) is 6.65. The van der Waals surface area contributed by atoms with E-state index in [1.807, 2.05) is 18.2 Å². The molecule has 8 heteroatoms. The van der Waals surface area contributed by atoms with Gasteiger partial charge >= 0.3 is 4.87 Å². The van der Waals surface area contributed by atoms with Gasteiger partial charge in [-0.3, -0.25) is 4.79 Å². The molecule has 3 aromatic rings. The Morgan fingerprint density at radius 3 is 2.60 bits per heavy atom. The lowest BCUT2D eigenvalue weighted by Gasteiger charge is -2.13. The highest BCUT2D eigenvalue weighted by atomic mass is 32.1. The van der Waals surface area contributed by atoms with Crippen molar-refractivity contribution in [1.29, 1.82) is 0 Å². The second-order valence-electron chi connectivity index (χ2n) is 6.93. The summed E-state index contributed by atoms with van der Waals surface area (Å²) in [5, 5.41) is 23.4. The fourth-order valence-electron chi connectivity index (χ4n) is 3.11. The Morgan fingerprint density at radius 2 is 1.80 bits per heavy atom. The summed E-state index contributed by atoms with van der Waals surface area (Å²) < 4.78 is 11.7. The number of hydrogen-bond acceptors (Lipinski definition) is 7. The lowest BCUT2D eigenvalue weighted by Crippen LogP contribution is -2.23. The van der Waals surface area contributed by atoms with E-state index in [2.05, 4.69) is 22.4 Å². The highest BCUT2D eigenvalue weighted by molar-refractivity contribution is 7.16. The topological polar surface area (TPSA) is 104 Å². The molecule has 0 saturated carbocycles. The summed E-state index contributed by atoms with van der Waals surface area (Å²) in [5.41, 5.74) is 2.27. The van der Waals surface area contributed by atoms with Crippen molar-refractivity contribution in [2.75, 3.05) is 39.5 Å². The van der Waals surface area contributed by atoms with E-state index in [9.17, 15) is 15.0 Å². The number of benzene rings is 2. The van der Waals surface area contributed by atoms with Crippen LogP contribution in [0.4, 0.5) is 0 Å². The zero-order valence-corrected chi connectivity index (χ0v) is 17.6. The first-order chi connectivity index (χ1) is 14.6. The fourth-order valence-corrected chi connectivity index (χ4v) is 4.02. The second-order valence-corrected chi connectivity index (χ2v) is 7.91. The average Bonchev–Trinajstić information content (AvgIpc) is 3.15. The number of aromatic amines is 1. The van der Waals surface area contributed by atoms with E-state index in [1.165, 1.54) is 11.6 Å². The molecule has 0 saturated heterocycles. The third-order valence-electron chi connectivity index (χ3n) is 4.68. The van der Waals surface area contributed by atoms with Gasteiger partial charge in [0.15, 0.2) is 0 Å². The van der Waals surface area contributed by atoms with Crippen molar-refractivity contribution < 1.29 is 19.7 Å². The standard InChI is InChI=1S/C22H28N2O5S/c25-18-8-7-17(21-20(18)24-22(27)30-21)19(26)15-23-10-4-11-28-13-14-29-12-9-16-5-2-1-3-6-16/h1-3,5-8,19,23,25-26H,4,9-15H2,(H,24,27)/t19-/m0/s1. The second kappa shape index (κ2) is 11.8. The number of fused-ring (bicyclic) bond motifs is 1. The van der Waals surface area contributed by atoms with Crippen LogP contribution < -0.4 is 10.2 Å². The number of phenols is 1. The number of rotatable bonds is 13. The first-order valence-corrected chi connectivity index (χ1v) is 10.9. The molecule has 7 nitrogen and oxygen atoms in total. The highest BCUT2D eigenvalue weighted by Crippen LogP contribution is 2.31. The Bertz CT molecular complexity index is 957. The summed E-state index contributed by atoms with van der Waals surface area (Å²) in [6.07, 6.45) is 0.956. The molecule has 0 radical (unpaired) electrons. The maximum Gasteiger partial charge on any atom is 0.305 e. The Labute approximate surface area is 179 Å². The summed E-state index contributed by atoms with van der Waals surface area (Å²) in [4.78, 5) is 13.9. The first kappa shape index (κ1) is 22.5. The Balaban J connectivity index is 1.24. The summed E-state index contributed by atoms with van der Waals surface area (Å²) in [6, 6.07) is 13.4. The number of H-pyrrole nitrogens is 1. The zero-order chi connectivity index (χ0) is 21.2. The quantitative estimate of drug-likeness (QED) is 0.310. The minimum atomic E-state index is -0.765. The molecule has 0 aliphatic carbocycles. The molecule has 162 valence electrons. The molecule has 0 aliphatic heterocycles. The normalized spacial score (nSPS) is 12.4. The van der Waals surface area contributed by atoms with Crippen LogP contribution in [0.15, 0.2) is 47.3 Å². The number of phenolic OH excluding ortho intramolecular Hbond substituents is 1. The van der Waals surface area contributed by atoms with E-state index in [-0.39, 0.29) is 10.6 Å². The molecular weight excluding hydrogens is 404 g/mol. The first-order valence-electron chi connectivity index (χ1n) is 10.1. The number of aromatic hydroxyl groups is 1. The van der Waals surface area contributed by atoms with Crippen molar-refractivity contribution >= 4 is 21.6 Å². The van der Waals surface area contributed by atoms with Crippen LogP contribution in [0.5, 0.6) is 5.75 Å². The predicted molar refractivity (Wildman–Crippen MR) is 118 cm³/mol. The molecule has 0 aliphatic rings. The van der Waals surface area contributed by atoms with Crippen LogP contribution in [-0.4, -0.2) is 54.7 Å². The molecular formula is C22H28N2O5S. The molecule has 0 unspecified atom stereocenters. The van der Waals surface area contributed by atoms with Crippen LogP contribution in [0, 0.1) is 0 Å². The van der Waals surface area contributed by atoms with Gasteiger partial charge in [-0.25, -0.2) is 0 Å². The largest absolute Gasteiger partial charge is 0.506 e. The predicted octanol–water partition coefficient (Wildman–Crippen LogP) is 2.58. The lowest BCUT2D eigenvalue weighted by molar-refractivity contribution is 0.0478. The molecule has 4 N–H and O–H groups in total. The molecule has 0 amide bonds. The van der Waals surface area contributed by atoms with Gasteiger partial charge in [-0.15, -0.1) is 0 Å². The van der Waals surface area contributed by atoms with Gasteiger partial charge in [0.1, 0.15) is 11.3 Å². The van der Waals surface area contributed by atoms with Gasteiger partial charge in [0.25, 0.3) is 0 Å². The Kier molecular flexibility index (Phi) is 8.85. The van der Waals surface area contributed by atoms with E-state index in [0.717, 1.165) is 24.2 Å². The van der Waals surface area contributed by atoms with Gasteiger partial charge in [-0.05, 0) is 31.0 Å². The number of hydrogen-bond donors (Lipinski definition) is 4. The summed E-state index contributed by atoms with van der Waals surface area (Å²) in [5.74, 6) is 0.00783. The Morgan fingerprint density at radius 1 is 1.03 bits per heavy atom. The van der Waals surface area contributed by atoms with Crippen molar-refractivity contribution in [3.8, 4) is 5.75 Å². The maximum absolute atomic E-state index is 11.6. The average molecular weight is 433 g/mol. The zero-order valence-electron chi connectivity index (χ0n) is 16.8. The highest BCUT2D eigenvalue weighted by Gasteiger charge is 2.15. The fraction of sp³-hybridized carbons (Fsp3) is 0.409. The molecule has 0 fully saturated rings. The van der Waals surface area contributed by atoms with Crippen molar-refractivity contribution in [1.82, 2.24) is 10.3 Å². The van der Waals surface area contributed by atoms with Crippen LogP contribution in [0.2, 0.25) is 0 Å². The van der Waals surface area contributed by atoms with Crippen LogP contribution in [-0.2, 0) is 15.9 Å². The minimum Gasteiger partial charge on any atom is -0.506 e. The van der Waals surface area contributed by atoms with E-state index >= 15 is 0 Å². The molecule has 1 atom stereocenters. The van der Waals surface area contributed by atoms with Crippen LogP contribution in [0.25, 0.3) is 10.2 Å². The number of thiazole rings is 1. The van der Waals surface area contributed by atoms with Crippen molar-refractivity contribution in [2.45, 2.75) is 18.9 Å². The monoisotopic (exact) mass is 432 g/mol. The van der Waals surface area contributed by atoms with Crippen LogP contribution in [0.1, 0.15) is 23.7 Å². The number of aliphatic hydroxyl groups is 1. The molecule has 2 aromatic carbocycles. The summed E-state index contributed by atoms with van der Waals surface area (Å²) in [7, 11) is 0. The van der Waals surface area contributed by atoms with Gasteiger partial charge in [-0.1, -0.05) is 47.7 Å². The van der Waals surface area contributed by atoms with Gasteiger partial charge in [0.2, 0.25) is 0 Å². The Hall–Kier alpha value is -2.23. The molecule has 0 bridgehead atoms. The number of aliphatic hydroxyl groups excluding tert-OH is 1. The maximum atomic E-state index is 11.6. The lowest BCUT2D eigenvalue weighted by atomic mass is 10.1.